The average molecular weight is 191 g/mol. The monoisotopic (exact) mass is 191 g/mol. The lowest BCUT2D eigenvalue weighted by Gasteiger charge is -2.17. The van der Waals surface area contributed by atoms with Gasteiger partial charge in [-0.05, 0) is 26.0 Å². The van der Waals surface area contributed by atoms with Crippen LogP contribution in [-0.4, -0.2) is 18.2 Å². The molecule has 2 nitrogen and oxygen atoms in total. The molecule has 76 valence electrons. The fraction of sp³-hybridized carbons (Fsp3) is 0.500. The molecule has 1 aromatic rings. The van der Waals surface area contributed by atoms with Crippen molar-refractivity contribution < 1.29 is 4.74 Å². The van der Waals surface area contributed by atoms with Gasteiger partial charge in [-0.15, -0.1) is 0 Å². The van der Waals surface area contributed by atoms with Crippen LogP contribution in [0.2, 0.25) is 0 Å². The van der Waals surface area contributed by atoms with Gasteiger partial charge in [0, 0.05) is 18.5 Å². The predicted octanol–water partition coefficient (Wildman–Crippen LogP) is 2.21. The van der Waals surface area contributed by atoms with Crippen LogP contribution >= 0.6 is 0 Å². The van der Waals surface area contributed by atoms with Crippen LogP contribution in [0.4, 0.5) is 0 Å². The largest absolute Gasteiger partial charge is 0.489 e. The van der Waals surface area contributed by atoms with Crippen LogP contribution in [0, 0.1) is 0 Å². The highest BCUT2D eigenvalue weighted by Gasteiger charge is 2.31. The van der Waals surface area contributed by atoms with Crippen LogP contribution in [0.15, 0.2) is 30.3 Å². The second-order valence-corrected chi connectivity index (χ2v) is 4.52. The van der Waals surface area contributed by atoms with Crippen LogP contribution in [0.25, 0.3) is 0 Å². The molecule has 0 bridgehead atoms. The van der Waals surface area contributed by atoms with Crippen LogP contribution in [0.3, 0.4) is 0 Å². The van der Waals surface area contributed by atoms with E-state index in [9.17, 15) is 0 Å². The molecule has 1 heterocycles. The normalized spacial score (nSPS) is 24.9. The molecule has 1 N–H and O–H groups in total. The second-order valence-electron chi connectivity index (χ2n) is 4.52. The van der Waals surface area contributed by atoms with E-state index in [1.165, 1.54) is 0 Å². The van der Waals surface area contributed by atoms with Crippen LogP contribution in [0.1, 0.15) is 20.3 Å². The van der Waals surface area contributed by atoms with E-state index in [1.54, 1.807) is 0 Å². The Kier molecular flexibility index (Phi) is 2.46. The molecule has 1 aliphatic heterocycles. The van der Waals surface area contributed by atoms with Gasteiger partial charge in [0.2, 0.25) is 0 Å². The fourth-order valence-electron chi connectivity index (χ4n) is 1.88. The molecule has 0 aliphatic carbocycles. The lowest BCUT2D eigenvalue weighted by Crippen LogP contribution is -2.31. The quantitative estimate of drug-likeness (QED) is 0.773. The summed E-state index contributed by atoms with van der Waals surface area (Å²) in [6.45, 7) is 5.37. The second kappa shape index (κ2) is 3.62. The van der Waals surface area contributed by atoms with Crippen LogP contribution in [0.5, 0.6) is 5.75 Å². The van der Waals surface area contributed by atoms with Gasteiger partial charge >= 0.3 is 0 Å². The van der Waals surface area contributed by atoms with E-state index in [-0.39, 0.29) is 5.54 Å². The average Bonchev–Trinajstić information content (AvgIpc) is 2.47. The van der Waals surface area contributed by atoms with Crippen molar-refractivity contribution in [2.45, 2.75) is 31.9 Å². The topological polar surface area (TPSA) is 21.3 Å². The molecule has 1 aliphatic rings. The van der Waals surface area contributed by atoms with Gasteiger partial charge in [-0.3, -0.25) is 0 Å². The van der Waals surface area contributed by atoms with E-state index in [1.807, 2.05) is 30.3 Å². The molecular formula is C12H17NO. The molecule has 1 fully saturated rings. The third kappa shape index (κ3) is 2.26. The highest BCUT2D eigenvalue weighted by molar-refractivity contribution is 5.21. The summed E-state index contributed by atoms with van der Waals surface area (Å²) in [7, 11) is 0. The lowest BCUT2D eigenvalue weighted by atomic mass is 10.0. The zero-order valence-electron chi connectivity index (χ0n) is 8.79. The first kappa shape index (κ1) is 9.53. The van der Waals surface area contributed by atoms with Crippen LogP contribution < -0.4 is 10.1 Å². The van der Waals surface area contributed by atoms with Gasteiger partial charge in [0.15, 0.2) is 0 Å². The molecule has 0 spiro atoms. The Morgan fingerprint density at radius 2 is 2.00 bits per heavy atom. The van der Waals surface area contributed by atoms with Gasteiger partial charge in [-0.1, -0.05) is 18.2 Å². The molecule has 1 atom stereocenters. The molecule has 1 aromatic carbocycles. The number of hydrogen-bond acceptors (Lipinski definition) is 2. The lowest BCUT2D eigenvalue weighted by molar-refractivity contribution is 0.214. The SMILES string of the molecule is CC1(C)CC(Oc2ccccc2)CN1. The van der Waals surface area contributed by atoms with Gasteiger partial charge in [0.25, 0.3) is 0 Å². The van der Waals surface area contributed by atoms with Gasteiger partial charge in [-0.25, -0.2) is 0 Å². The first-order valence-electron chi connectivity index (χ1n) is 5.12. The molecule has 2 heteroatoms. The minimum absolute atomic E-state index is 0.222. The maximum atomic E-state index is 5.85. The van der Waals surface area contributed by atoms with Crippen molar-refractivity contribution in [2.24, 2.45) is 0 Å². The summed E-state index contributed by atoms with van der Waals surface area (Å²) in [6, 6.07) is 10.0. The van der Waals surface area contributed by atoms with Crippen LogP contribution in [-0.2, 0) is 0 Å². The number of nitrogens with one attached hydrogen (secondary N) is 1. The molecule has 0 radical (unpaired) electrons. The molecule has 0 amide bonds. The van der Waals surface area contributed by atoms with E-state index in [0.717, 1.165) is 18.7 Å². The van der Waals surface area contributed by atoms with Gasteiger partial charge in [0.05, 0.1) is 0 Å². The number of para-hydroxylation sites is 1. The Hall–Kier alpha value is -1.02. The third-order valence-corrected chi connectivity index (χ3v) is 2.59. The summed E-state index contributed by atoms with van der Waals surface area (Å²) in [5.74, 6) is 0.969. The van der Waals surface area contributed by atoms with E-state index in [0.29, 0.717) is 6.10 Å². The summed E-state index contributed by atoms with van der Waals surface area (Å²) in [5, 5.41) is 3.44. The Balaban J connectivity index is 1.94. The highest BCUT2D eigenvalue weighted by atomic mass is 16.5. The molecule has 1 unspecified atom stereocenters. The smallest absolute Gasteiger partial charge is 0.119 e. The Morgan fingerprint density at radius 3 is 2.57 bits per heavy atom. The van der Waals surface area contributed by atoms with Crippen molar-refractivity contribution in [3.05, 3.63) is 30.3 Å². The molecule has 1 saturated heterocycles. The standard InChI is InChI=1S/C12H17NO/c1-12(2)8-11(9-13-12)14-10-6-4-3-5-7-10/h3-7,11,13H,8-9H2,1-2H3. The third-order valence-electron chi connectivity index (χ3n) is 2.59. The molecule has 0 aromatic heterocycles. The van der Waals surface area contributed by atoms with E-state index >= 15 is 0 Å². The van der Waals surface area contributed by atoms with Gasteiger partial charge < -0.3 is 10.1 Å². The van der Waals surface area contributed by atoms with E-state index in [2.05, 4.69) is 19.2 Å². The Bertz CT molecular complexity index is 294. The zero-order chi connectivity index (χ0) is 10.0. The van der Waals surface area contributed by atoms with Crippen molar-refractivity contribution in [3.8, 4) is 5.75 Å². The molecular weight excluding hydrogens is 174 g/mol. The maximum absolute atomic E-state index is 5.85. The van der Waals surface area contributed by atoms with E-state index < -0.39 is 0 Å². The summed E-state index contributed by atoms with van der Waals surface area (Å²) in [6.07, 6.45) is 1.38. The molecule has 0 saturated carbocycles. The number of benzene rings is 1. The van der Waals surface area contributed by atoms with Crippen molar-refractivity contribution in [2.75, 3.05) is 6.54 Å². The molecule has 2 rings (SSSR count). The number of ether oxygens (including phenoxy) is 1. The predicted molar refractivity (Wildman–Crippen MR) is 57.6 cm³/mol. The van der Waals surface area contributed by atoms with Gasteiger partial charge in [-0.2, -0.15) is 0 Å². The summed E-state index contributed by atoms with van der Waals surface area (Å²) < 4.78 is 5.85. The molecule has 14 heavy (non-hydrogen) atoms. The highest BCUT2D eigenvalue weighted by Crippen LogP contribution is 2.22. The first-order valence-corrected chi connectivity index (χ1v) is 5.12. The first-order chi connectivity index (χ1) is 6.66. The number of rotatable bonds is 2. The Morgan fingerprint density at radius 1 is 1.29 bits per heavy atom. The zero-order valence-corrected chi connectivity index (χ0v) is 8.79. The summed E-state index contributed by atoms with van der Waals surface area (Å²) in [5.41, 5.74) is 0.222. The fourth-order valence-corrected chi connectivity index (χ4v) is 1.88. The maximum Gasteiger partial charge on any atom is 0.119 e. The minimum atomic E-state index is 0.222. The van der Waals surface area contributed by atoms with E-state index in [4.69, 9.17) is 4.74 Å². The van der Waals surface area contributed by atoms with Crippen molar-refractivity contribution in [1.82, 2.24) is 5.32 Å². The van der Waals surface area contributed by atoms with Crippen molar-refractivity contribution in [3.63, 3.8) is 0 Å². The van der Waals surface area contributed by atoms with Crippen molar-refractivity contribution in [1.29, 1.82) is 0 Å². The van der Waals surface area contributed by atoms with Gasteiger partial charge in [0.1, 0.15) is 11.9 Å². The Labute approximate surface area is 85.3 Å². The minimum Gasteiger partial charge on any atom is -0.489 e. The summed E-state index contributed by atoms with van der Waals surface area (Å²) in [4.78, 5) is 0. The van der Waals surface area contributed by atoms with Crippen molar-refractivity contribution >= 4 is 0 Å². The summed E-state index contributed by atoms with van der Waals surface area (Å²) >= 11 is 0. The number of hydrogen-bond donors (Lipinski definition) is 1.